The van der Waals surface area contributed by atoms with Crippen molar-refractivity contribution in [2.75, 3.05) is 0 Å². The fraction of sp³-hybridized carbons (Fsp3) is 0.0714. The summed E-state index contributed by atoms with van der Waals surface area (Å²) in [6, 6.07) is 10.2. The van der Waals surface area contributed by atoms with E-state index in [2.05, 4.69) is 4.98 Å². The second kappa shape index (κ2) is 4.89. The van der Waals surface area contributed by atoms with E-state index < -0.39 is 11.7 Å². The molecule has 7 heteroatoms. The van der Waals surface area contributed by atoms with Crippen LogP contribution in [0.1, 0.15) is 5.56 Å². The van der Waals surface area contributed by atoms with E-state index in [1.165, 1.54) is 10.6 Å². The minimum Gasteiger partial charge on any atom is -0.329 e. The number of rotatable bonds is 1. The number of hydrogen-bond acceptors (Lipinski definition) is 1. The Bertz CT molecular complexity index is 880. The minimum atomic E-state index is -4.40. The number of imidazole rings is 1. The van der Waals surface area contributed by atoms with Crippen LogP contribution in [0.4, 0.5) is 13.2 Å². The third-order valence-corrected chi connectivity index (χ3v) is 3.70. The number of nitrogens with one attached hydrogen (secondary N) is 1. The van der Waals surface area contributed by atoms with Gasteiger partial charge in [0, 0.05) is 5.69 Å². The predicted molar refractivity (Wildman–Crippen MR) is 78.5 cm³/mol. The molecular weight excluding hydrogens is 321 g/mol. The quantitative estimate of drug-likeness (QED) is 0.596. The lowest BCUT2D eigenvalue weighted by molar-refractivity contribution is -0.137. The van der Waals surface area contributed by atoms with Crippen molar-refractivity contribution >= 4 is 34.9 Å². The first kappa shape index (κ1) is 14.2. The SMILES string of the molecule is FC(F)(F)c1cccc(-n2c(=S)[nH]c3c(Cl)cccc32)c1. The lowest BCUT2D eigenvalue weighted by Crippen LogP contribution is -2.06. The van der Waals surface area contributed by atoms with Crippen LogP contribution in [-0.4, -0.2) is 9.55 Å². The van der Waals surface area contributed by atoms with Crippen LogP contribution in [0.2, 0.25) is 5.02 Å². The summed E-state index contributed by atoms with van der Waals surface area (Å²) in [6.07, 6.45) is -4.40. The first-order valence-electron chi connectivity index (χ1n) is 5.95. The molecule has 0 radical (unpaired) electrons. The summed E-state index contributed by atoms with van der Waals surface area (Å²) in [6.45, 7) is 0. The van der Waals surface area contributed by atoms with Crippen LogP contribution in [-0.2, 0) is 6.18 Å². The number of alkyl halides is 3. The van der Waals surface area contributed by atoms with Crippen LogP contribution in [0.25, 0.3) is 16.7 Å². The summed E-state index contributed by atoms with van der Waals surface area (Å²) in [4.78, 5) is 2.92. The molecule has 0 atom stereocenters. The van der Waals surface area contributed by atoms with Crippen molar-refractivity contribution in [3.8, 4) is 5.69 Å². The van der Waals surface area contributed by atoms with Gasteiger partial charge < -0.3 is 4.98 Å². The first-order valence-corrected chi connectivity index (χ1v) is 6.73. The normalized spacial score (nSPS) is 12.0. The number of benzene rings is 2. The lowest BCUT2D eigenvalue weighted by atomic mass is 10.2. The van der Waals surface area contributed by atoms with Crippen molar-refractivity contribution in [2.24, 2.45) is 0 Å². The number of aromatic amines is 1. The molecule has 1 aromatic heterocycles. The minimum absolute atomic E-state index is 0.289. The van der Waals surface area contributed by atoms with E-state index in [-0.39, 0.29) is 4.77 Å². The average Bonchev–Trinajstić information content (AvgIpc) is 2.76. The second-order valence-electron chi connectivity index (χ2n) is 4.45. The van der Waals surface area contributed by atoms with E-state index in [9.17, 15) is 13.2 Å². The molecule has 108 valence electrons. The van der Waals surface area contributed by atoms with Crippen LogP contribution < -0.4 is 0 Å². The lowest BCUT2D eigenvalue weighted by Gasteiger charge is -2.10. The number of aromatic nitrogens is 2. The largest absolute Gasteiger partial charge is 0.416 e. The number of hydrogen-bond donors (Lipinski definition) is 1. The van der Waals surface area contributed by atoms with Gasteiger partial charge in [0.15, 0.2) is 4.77 Å². The third kappa shape index (κ3) is 2.45. The van der Waals surface area contributed by atoms with Crippen molar-refractivity contribution in [3.63, 3.8) is 0 Å². The molecular formula is C14H8ClF3N2S. The highest BCUT2D eigenvalue weighted by Crippen LogP contribution is 2.32. The van der Waals surface area contributed by atoms with Gasteiger partial charge >= 0.3 is 6.18 Å². The van der Waals surface area contributed by atoms with E-state index in [0.29, 0.717) is 21.7 Å². The van der Waals surface area contributed by atoms with E-state index in [4.69, 9.17) is 23.8 Å². The van der Waals surface area contributed by atoms with Gasteiger partial charge in [0.25, 0.3) is 0 Å². The summed E-state index contributed by atoms with van der Waals surface area (Å²) >= 11 is 11.3. The van der Waals surface area contributed by atoms with Crippen molar-refractivity contribution in [1.29, 1.82) is 0 Å². The van der Waals surface area contributed by atoms with Crippen LogP contribution in [0.15, 0.2) is 42.5 Å². The number of nitrogens with zero attached hydrogens (tertiary/aromatic N) is 1. The number of halogens is 4. The monoisotopic (exact) mass is 328 g/mol. The Kier molecular flexibility index (Phi) is 3.30. The standard InChI is InChI=1S/C14H8ClF3N2S/c15-10-5-2-6-11-12(10)19-13(21)20(11)9-4-1-3-8(7-9)14(16,17)18/h1-7H,(H,19,21). The van der Waals surface area contributed by atoms with E-state index in [1.54, 1.807) is 24.3 Å². The van der Waals surface area contributed by atoms with E-state index in [0.717, 1.165) is 12.1 Å². The fourth-order valence-electron chi connectivity index (χ4n) is 2.17. The van der Waals surface area contributed by atoms with Gasteiger partial charge in [-0.15, -0.1) is 0 Å². The highest BCUT2D eigenvalue weighted by molar-refractivity contribution is 7.71. The van der Waals surface area contributed by atoms with Crippen molar-refractivity contribution in [3.05, 3.63) is 57.8 Å². The van der Waals surface area contributed by atoms with Gasteiger partial charge in [-0.2, -0.15) is 13.2 Å². The fourth-order valence-corrected chi connectivity index (χ4v) is 2.70. The molecule has 3 aromatic rings. The topological polar surface area (TPSA) is 20.7 Å². The molecule has 3 rings (SSSR count). The molecule has 0 fully saturated rings. The molecule has 0 saturated heterocycles. The highest BCUT2D eigenvalue weighted by Gasteiger charge is 2.30. The zero-order chi connectivity index (χ0) is 15.2. The van der Waals surface area contributed by atoms with Gasteiger partial charge in [-0.1, -0.05) is 23.7 Å². The molecule has 2 aromatic carbocycles. The Hall–Kier alpha value is -1.79. The maximum absolute atomic E-state index is 12.8. The van der Waals surface area contributed by atoms with Gasteiger partial charge in [-0.3, -0.25) is 4.57 Å². The summed E-state index contributed by atoms with van der Waals surface area (Å²) in [5, 5.41) is 0.462. The van der Waals surface area contributed by atoms with Crippen molar-refractivity contribution in [2.45, 2.75) is 6.18 Å². The maximum Gasteiger partial charge on any atom is 0.416 e. The molecule has 2 nitrogen and oxygen atoms in total. The van der Waals surface area contributed by atoms with Crippen LogP contribution in [0.3, 0.4) is 0 Å². The van der Waals surface area contributed by atoms with E-state index >= 15 is 0 Å². The molecule has 0 spiro atoms. The average molecular weight is 329 g/mol. The van der Waals surface area contributed by atoms with Gasteiger partial charge in [-0.05, 0) is 42.5 Å². The van der Waals surface area contributed by atoms with Gasteiger partial charge in [-0.25, -0.2) is 0 Å². The molecule has 0 amide bonds. The first-order chi connectivity index (χ1) is 9.88. The number of H-pyrrole nitrogens is 1. The van der Waals surface area contributed by atoms with Crippen LogP contribution in [0, 0.1) is 4.77 Å². The zero-order valence-corrected chi connectivity index (χ0v) is 12.0. The Morgan fingerprint density at radius 2 is 1.81 bits per heavy atom. The molecule has 0 aliphatic carbocycles. The molecule has 1 heterocycles. The van der Waals surface area contributed by atoms with E-state index in [1.807, 2.05) is 0 Å². The van der Waals surface area contributed by atoms with Crippen molar-refractivity contribution in [1.82, 2.24) is 9.55 Å². The third-order valence-electron chi connectivity index (χ3n) is 3.10. The van der Waals surface area contributed by atoms with Crippen molar-refractivity contribution < 1.29 is 13.2 Å². The molecule has 0 bridgehead atoms. The van der Waals surface area contributed by atoms with Gasteiger partial charge in [0.2, 0.25) is 0 Å². The molecule has 0 aliphatic heterocycles. The Morgan fingerprint density at radius 3 is 2.52 bits per heavy atom. The number of para-hydroxylation sites is 1. The molecule has 0 aliphatic rings. The molecule has 0 unspecified atom stereocenters. The summed E-state index contributed by atoms with van der Waals surface area (Å²) in [5.41, 5.74) is 0.843. The molecule has 1 N–H and O–H groups in total. The van der Waals surface area contributed by atoms with Gasteiger partial charge in [0.05, 0.1) is 21.6 Å². The molecule has 0 saturated carbocycles. The Labute approximate surface area is 127 Å². The highest BCUT2D eigenvalue weighted by atomic mass is 35.5. The van der Waals surface area contributed by atoms with Crippen LogP contribution >= 0.6 is 23.8 Å². The number of fused-ring (bicyclic) bond motifs is 1. The maximum atomic E-state index is 12.8. The Morgan fingerprint density at radius 1 is 1.10 bits per heavy atom. The predicted octanol–water partition coefficient (Wildman–Crippen LogP) is 5.36. The van der Waals surface area contributed by atoms with Crippen LogP contribution in [0.5, 0.6) is 0 Å². The Balaban J connectivity index is 2.29. The summed E-state index contributed by atoms with van der Waals surface area (Å²) in [5.74, 6) is 0. The zero-order valence-electron chi connectivity index (χ0n) is 10.4. The second-order valence-corrected chi connectivity index (χ2v) is 5.24. The van der Waals surface area contributed by atoms with Gasteiger partial charge in [0.1, 0.15) is 0 Å². The molecule has 21 heavy (non-hydrogen) atoms. The summed E-state index contributed by atoms with van der Waals surface area (Å²) < 4.78 is 40.3. The summed E-state index contributed by atoms with van der Waals surface area (Å²) in [7, 11) is 0. The smallest absolute Gasteiger partial charge is 0.329 e.